The predicted molar refractivity (Wildman–Crippen MR) is 216 cm³/mol. The fourth-order valence-electron chi connectivity index (χ4n) is 8.54. The second-order valence-corrected chi connectivity index (χ2v) is 19.7. The van der Waals surface area contributed by atoms with Crippen molar-refractivity contribution in [3.63, 3.8) is 0 Å². The molecule has 5 aromatic carbocycles. The topological polar surface area (TPSA) is 61.6 Å². The number of rotatable bonds is 9. The van der Waals surface area contributed by atoms with Crippen LogP contribution in [0.25, 0.3) is 21.5 Å². The second kappa shape index (κ2) is 14.7. The van der Waals surface area contributed by atoms with Crippen LogP contribution >= 0.6 is 0 Å². The van der Waals surface area contributed by atoms with E-state index in [0.717, 1.165) is 61.9 Å². The van der Waals surface area contributed by atoms with Gasteiger partial charge in [0.05, 0.1) is 4.92 Å². The maximum absolute atomic E-state index is 11.4. The molecule has 0 aliphatic heterocycles. The molecule has 0 spiro atoms. The zero-order valence-electron chi connectivity index (χ0n) is 31.7. The molecule has 6 heteroatoms. The van der Waals surface area contributed by atoms with E-state index in [0.29, 0.717) is 23.3 Å². The first-order valence-electron chi connectivity index (χ1n) is 18.3. The van der Waals surface area contributed by atoms with Crippen molar-refractivity contribution in [2.24, 2.45) is 17.8 Å². The van der Waals surface area contributed by atoms with Gasteiger partial charge in [0.2, 0.25) is 0 Å². The molecule has 0 atom stereocenters. The molecular formula is C46H49NO4Si. The molecule has 0 heterocycles. The van der Waals surface area contributed by atoms with E-state index in [2.05, 4.69) is 126 Å². The van der Waals surface area contributed by atoms with E-state index in [4.69, 9.17) is 9.47 Å². The number of non-ortho nitro benzene ring substituents is 1. The lowest BCUT2D eigenvalue weighted by atomic mass is 9.66. The fourth-order valence-corrected chi connectivity index (χ4v) is 14.5. The summed E-state index contributed by atoms with van der Waals surface area (Å²) in [5, 5.41) is 15.7. The monoisotopic (exact) mass is 707 g/mol. The van der Waals surface area contributed by atoms with Crippen LogP contribution in [0.15, 0.2) is 97.1 Å². The number of ether oxygens (including phenoxy) is 2. The van der Waals surface area contributed by atoms with Crippen LogP contribution < -0.4 is 0 Å². The van der Waals surface area contributed by atoms with Crippen LogP contribution in [-0.4, -0.2) is 27.2 Å². The highest BCUT2D eigenvalue weighted by atomic mass is 28.3. The number of nitro benzene ring substituents is 1. The molecule has 0 unspecified atom stereocenters. The normalized spacial score (nSPS) is 18.1. The first-order chi connectivity index (χ1) is 24.8. The van der Waals surface area contributed by atoms with Crippen molar-refractivity contribution in [3.05, 3.63) is 135 Å². The second-order valence-electron chi connectivity index (χ2n) is 15.6. The molecule has 5 nitrogen and oxygen atoms in total. The van der Waals surface area contributed by atoms with Crippen LogP contribution in [0.2, 0.25) is 18.1 Å². The number of nitrogens with zero attached hydrogens (tertiary/aromatic N) is 1. The van der Waals surface area contributed by atoms with Gasteiger partial charge in [-0.25, -0.2) is 0 Å². The summed E-state index contributed by atoms with van der Waals surface area (Å²) < 4.78 is 13.5. The summed E-state index contributed by atoms with van der Waals surface area (Å²) in [4.78, 5) is 11.0. The highest BCUT2D eigenvalue weighted by molar-refractivity contribution is 6.87. The zero-order valence-corrected chi connectivity index (χ0v) is 32.7. The van der Waals surface area contributed by atoms with Gasteiger partial charge < -0.3 is 9.47 Å². The Morgan fingerprint density at radius 1 is 0.615 bits per heavy atom. The van der Waals surface area contributed by atoms with Gasteiger partial charge in [-0.15, -0.1) is 5.54 Å². The summed E-state index contributed by atoms with van der Waals surface area (Å²) in [6.07, 6.45) is 0. The van der Waals surface area contributed by atoms with Crippen LogP contribution in [0, 0.1) is 51.2 Å². The van der Waals surface area contributed by atoms with Crippen LogP contribution in [0.5, 0.6) is 0 Å². The Labute approximate surface area is 309 Å². The summed E-state index contributed by atoms with van der Waals surface area (Å²) in [7, 11) is 1.35. The quantitative estimate of drug-likeness (QED) is 0.0662. The molecule has 0 radical (unpaired) electrons. The third-order valence-corrected chi connectivity index (χ3v) is 15.7. The van der Waals surface area contributed by atoms with Crippen LogP contribution in [0.1, 0.15) is 69.4 Å². The Kier molecular flexibility index (Phi) is 10.5. The lowest BCUT2D eigenvalue weighted by Gasteiger charge is -2.44. The van der Waals surface area contributed by atoms with E-state index in [1.54, 1.807) is 26.4 Å². The molecule has 266 valence electrons. The average Bonchev–Trinajstić information content (AvgIpc) is 3.11. The highest BCUT2D eigenvalue weighted by Gasteiger charge is 2.51. The van der Waals surface area contributed by atoms with Gasteiger partial charge in [-0.05, 0) is 93.8 Å². The lowest BCUT2D eigenvalue weighted by molar-refractivity contribution is -0.384. The van der Waals surface area contributed by atoms with E-state index in [9.17, 15) is 10.1 Å². The first kappa shape index (κ1) is 37.0. The van der Waals surface area contributed by atoms with Crippen LogP contribution in [0.3, 0.4) is 0 Å². The molecule has 0 bridgehead atoms. The van der Waals surface area contributed by atoms with E-state index >= 15 is 0 Å². The Hall–Kier alpha value is -4.72. The number of nitro groups is 1. The number of fused-ring (bicyclic) bond motifs is 4. The Morgan fingerprint density at radius 3 is 1.31 bits per heavy atom. The smallest absolute Gasteiger partial charge is 0.269 e. The highest BCUT2D eigenvalue weighted by Crippen LogP contribution is 2.53. The van der Waals surface area contributed by atoms with E-state index in [-0.39, 0.29) is 5.69 Å². The van der Waals surface area contributed by atoms with E-state index in [1.807, 2.05) is 12.1 Å². The Balaban J connectivity index is 1.73. The minimum Gasteiger partial charge on any atom is -0.357 e. The molecule has 0 amide bonds. The lowest BCUT2D eigenvalue weighted by Crippen LogP contribution is -2.45. The van der Waals surface area contributed by atoms with Gasteiger partial charge in [-0.2, -0.15) is 0 Å². The molecule has 0 saturated heterocycles. The zero-order chi connectivity index (χ0) is 37.3. The first-order valence-corrected chi connectivity index (χ1v) is 21.0. The van der Waals surface area contributed by atoms with Crippen molar-refractivity contribution in [1.82, 2.24) is 0 Å². The third-order valence-electron chi connectivity index (χ3n) is 10.3. The molecule has 1 aliphatic rings. The fraction of sp³-hybridized carbons (Fsp3) is 0.348. The van der Waals surface area contributed by atoms with Gasteiger partial charge in [0, 0.05) is 54.2 Å². The number of hydrogen-bond acceptors (Lipinski definition) is 4. The standard InChI is InChI=1S/C46H49NO4Si/c1-32(2)29-52(30-33(3)4,31-34(5)6)24-23-46(51-8)43-27-38-15-11-9-13-36(38)25-41(43)45(50-7,22-21-35-17-19-40(20-18-35)47(48)49)42-26-37-14-10-12-16-39(37)28-44(42)46/h9-20,25-28,32-34H,29-31H2,1-8H3. The third kappa shape index (κ3) is 6.92. The maximum atomic E-state index is 11.4. The summed E-state index contributed by atoms with van der Waals surface area (Å²) in [5.74, 6) is 12.5. The van der Waals surface area contributed by atoms with Crippen LogP contribution in [-0.2, 0) is 20.7 Å². The molecule has 52 heavy (non-hydrogen) atoms. The van der Waals surface area contributed by atoms with Crippen molar-refractivity contribution in [3.8, 4) is 23.3 Å². The van der Waals surface area contributed by atoms with Gasteiger partial charge in [0.1, 0.15) is 8.07 Å². The Bertz CT molecular complexity index is 2130. The number of methoxy groups -OCH3 is 2. The summed E-state index contributed by atoms with van der Waals surface area (Å²) in [6.45, 7) is 14.0. The largest absolute Gasteiger partial charge is 0.357 e. The SMILES string of the molecule is COC1(C#Cc2ccc([N+](=O)[O-])cc2)c2cc3ccccc3cc2C(C#C[Si](CC(C)C)(CC(C)C)CC(C)C)(OC)c2cc3ccccc3cc21. The van der Waals surface area contributed by atoms with Crippen molar-refractivity contribution in [1.29, 1.82) is 0 Å². The molecule has 6 rings (SSSR count). The molecule has 0 N–H and O–H groups in total. The molecule has 0 saturated carbocycles. The number of hydrogen-bond donors (Lipinski definition) is 0. The van der Waals surface area contributed by atoms with Crippen molar-refractivity contribution in [2.45, 2.75) is 70.9 Å². The van der Waals surface area contributed by atoms with E-state index in [1.165, 1.54) is 12.1 Å². The molecular weight excluding hydrogens is 659 g/mol. The van der Waals surface area contributed by atoms with Gasteiger partial charge in [0.15, 0.2) is 11.2 Å². The molecule has 1 aliphatic carbocycles. The van der Waals surface area contributed by atoms with Gasteiger partial charge >= 0.3 is 0 Å². The van der Waals surface area contributed by atoms with Gasteiger partial charge in [-0.1, -0.05) is 108 Å². The van der Waals surface area contributed by atoms with Gasteiger partial charge in [-0.3, -0.25) is 10.1 Å². The predicted octanol–water partition coefficient (Wildman–Crippen LogP) is 11.0. The summed E-state index contributed by atoms with van der Waals surface area (Å²) in [5.41, 5.74) is 6.10. The molecule has 5 aromatic rings. The Morgan fingerprint density at radius 2 is 0.981 bits per heavy atom. The van der Waals surface area contributed by atoms with Crippen molar-refractivity contribution in [2.75, 3.05) is 14.2 Å². The summed E-state index contributed by atoms with van der Waals surface area (Å²) in [6, 6.07) is 35.3. The minimum atomic E-state index is -2.15. The number of benzene rings is 5. The minimum absolute atomic E-state index is 0.0220. The maximum Gasteiger partial charge on any atom is 0.269 e. The van der Waals surface area contributed by atoms with E-state index < -0.39 is 24.2 Å². The average molecular weight is 708 g/mol. The molecule has 0 aromatic heterocycles. The van der Waals surface area contributed by atoms with Crippen molar-refractivity contribution >= 4 is 35.3 Å². The molecule has 0 fully saturated rings. The van der Waals surface area contributed by atoms with Crippen molar-refractivity contribution < 1.29 is 14.4 Å². The van der Waals surface area contributed by atoms with Gasteiger partial charge in [0.25, 0.3) is 5.69 Å². The van der Waals surface area contributed by atoms with Crippen LogP contribution in [0.4, 0.5) is 5.69 Å². The summed E-state index contributed by atoms with van der Waals surface area (Å²) >= 11 is 0.